The topological polar surface area (TPSA) is 93.1 Å². The van der Waals surface area contributed by atoms with Crippen LogP contribution in [0.1, 0.15) is 243 Å². The summed E-state index contributed by atoms with van der Waals surface area (Å²) in [6.07, 6.45) is 34.9. The Labute approximate surface area is 362 Å². The van der Waals surface area contributed by atoms with E-state index in [0.717, 1.165) is 36.8 Å². The molecule has 2 aromatic carbocycles. The first-order chi connectivity index (χ1) is 28.7. The molecule has 2 N–H and O–H groups in total. The van der Waals surface area contributed by atoms with Crippen LogP contribution in [0.4, 0.5) is 0 Å². The van der Waals surface area contributed by atoms with Crippen molar-refractivity contribution in [2.45, 2.75) is 232 Å². The van der Waals surface area contributed by atoms with Gasteiger partial charge < -0.3 is 19.7 Å². The maximum atomic E-state index is 13.0. The maximum absolute atomic E-state index is 13.0. The molecule has 0 fully saturated rings. The summed E-state index contributed by atoms with van der Waals surface area (Å²) in [7, 11) is 0. The van der Waals surface area contributed by atoms with Crippen molar-refractivity contribution in [1.82, 2.24) is 0 Å². The van der Waals surface area contributed by atoms with Crippen LogP contribution >= 0.6 is 0 Å². The Morgan fingerprint density at radius 3 is 1.05 bits per heavy atom. The number of aromatic hydroxyl groups is 2. The lowest BCUT2D eigenvalue weighted by molar-refractivity contribution is -0.152. The van der Waals surface area contributed by atoms with Crippen molar-refractivity contribution in [2.75, 3.05) is 13.2 Å². The number of unbranched alkanes of at least 4 members (excludes halogenated alkanes) is 22. The van der Waals surface area contributed by atoms with Crippen LogP contribution in [0.2, 0.25) is 0 Å². The highest BCUT2D eigenvalue weighted by atomic mass is 16.5. The summed E-state index contributed by atoms with van der Waals surface area (Å²) in [5.74, 6) is 0.267. The molecule has 0 heterocycles. The van der Waals surface area contributed by atoms with Gasteiger partial charge in [-0.05, 0) is 60.8 Å². The van der Waals surface area contributed by atoms with E-state index in [1.54, 1.807) is 12.1 Å². The zero-order valence-electron chi connectivity index (χ0n) is 38.4. The summed E-state index contributed by atoms with van der Waals surface area (Å²) in [6, 6.07) is 15.0. The minimum Gasteiger partial charge on any atom is -0.508 e. The Morgan fingerprint density at radius 2 is 0.746 bits per heavy atom. The van der Waals surface area contributed by atoms with Gasteiger partial charge in [0, 0.05) is 18.3 Å². The minimum atomic E-state index is -0.524. The maximum Gasteiger partial charge on any atom is 0.305 e. The lowest BCUT2D eigenvalue weighted by atomic mass is 9.88. The van der Waals surface area contributed by atoms with Crippen LogP contribution in [0.3, 0.4) is 0 Å². The monoisotopic (exact) mass is 821 g/mol. The molecule has 0 aliphatic rings. The number of rotatable bonds is 38. The van der Waals surface area contributed by atoms with E-state index in [0.29, 0.717) is 24.3 Å². The second kappa shape index (κ2) is 33.7. The fourth-order valence-electron chi connectivity index (χ4n) is 8.36. The fourth-order valence-corrected chi connectivity index (χ4v) is 8.36. The molecule has 2 rings (SSSR count). The van der Waals surface area contributed by atoms with Crippen LogP contribution in [0.15, 0.2) is 48.5 Å². The van der Waals surface area contributed by atoms with Crippen LogP contribution < -0.4 is 0 Å². The Hall–Kier alpha value is -3.02. The Kier molecular flexibility index (Phi) is 29.7. The molecule has 0 bridgehead atoms. The smallest absolute Gasteiger partial charge is 0.305 e. The van der Waals surface area contributed by atoms with Crippen molar-refractivity contribution in [2.24, 2.45) is 5.41 Å². The average Bonchev–Trinajstić information content (AvgIpc) is 3.23. The molecule has 6 nitrogen and oxygen atoms in total. The summed E-state index contributed by atoms with van der Waals surface area (Å²) in [5, 5.41) is 21.3. The van der Waals surface area contributed by atoms with Crippen molar-refractivity contribution in [3.63, 3.8) is 0 Å². The van der Waals surface area contributed by atoms with Crippen molar-refractivity contribution >= 4 is 11.9 Å². The third kappa shape index (κ3) is 26.0. The summed E-state index contributed by atoms with van der Waals surface area (Å²) < 4.78 is 11.5. The van der Waals surface area contributed by atoms with Crippen LogP contribution in [0, 0.1) is 5.41 Å². The van der Waals surface area contributed by atoms with Crippen LogP contribution in [0.5, 0.6) is 11.5 Å². The van der Waals surface area contributed by atoms with E-state index in [-0.39, 0.29) is 49.8 Å². The molecule has 2 atom stereocenters. The summed E-state index contributed by atoms with van der Waals surface area (Å²) in [4.78, 5) is 26.0. The van der Waals surface area contributed by atoms with Gasteiger partial charge in [0.1, 0.15) is 11.5 Å². The first-order valence-electron chi connectivity index (χ1n) is 24.5. The van der Waals surface area contributed by atoms with Gasteiger partial charge in [-0.3, -0.25) is 9.59 Å². The zero-order chi connectivity index (χ0) is 42.8. The third-order valence-electron chi connectivity index (χ3n) is 12.2. The Bertz CT molecular complexity index is 1240. The van der Waals surface area contributed by atoms with Crippen LogP contribution in [0.25, 0.3) is 0 Å². The SMILES string of the molecule is CCCCCCCCCCCCCCC(CCC(=O)OCC(C)(C)COC(=O)CCC(CCCCCCCCCCCCCC)c1ccccc1O)c1ccccc1O. The largest absolute Gasteiger partial charge is 0.508 e. The van der Waals surface area contributed by atoms with Crippen molar-refractivity contribution < 1.29 is 29.3 Å². The molecule has 6 heteroatoms. The van der Waals surface area contributed by atoms with E-state index >= 15 is 0 Å². The predicted molar refractivity (Wildman–Crippen MR) is 247 cm³/mol. The quantitative estimate of drug-likeness (QED) is 0.0518. The van der Waals surface area contributed by atoms with Gasteiger partial charge in [0.25, 0.3) is 0 Å². The van der Waals surface area contributed by atoms with E-state index in [2.05, 4.69) is 13.8 Å². The van der Waals surface area contributed by atoms with Crippen molar-refractivity contribution in [3.8, 4) is 11.5 Å². The van der Waals surface area contributed by atoms with E-state index in [1.165, 1.54) is 141 Å². The number of para-hydroxylation sites is 2. The minimum absolute atomic E-state index is 0.0992. The Morgan fingerprint density at radius 1 is 0.458 bits per heavy atom. The van der Waals surface area contributed by atoms with Gasteiger partial charge in [-0.2, -0.15) is 0 Å². The van der Waals surface area contributed by atoms with Crippen LogP contribution in [-0.2, 0) is 19.1 Å². The second-order valence-electron chi connectivity index (χ2n) is 18.4. The summed E-state index contributed by atoms with van der Waals surface area (Å²) >= 11 is 0. The lowest BCUT2D eigenvalue weighted by Crippen LogP contribution is -2.28. The molecular weight excluding hydrogens is 733 g/mol. The van der Waals surface area contributed by atoms with Gasteiger partial charge >= 0.3 is 11.9 Å². The molecule has 59 heavy (non-hydrogen) atoms. The molecule has 0 aliphatic carbocycles. The molecule has 2 aromatic rings. The van der Waals surface area contributed by atoms with E-state index in [4.69, 9.17) is 9.47 Å². The van der Waals surface area contributed by atoms with Crippen molar-refractivity contribution in [1.29, 1.82) is 0 Å². The summed E-state index contributed by atoms with van der Waals surface area (Å²) in [6.45, 7) is 8.76. The molecule has 336 valence electrons. The lowest BCUT2D eigenvalue weighted by Gasteiger charge is -2.24. The second-order valence-corrected chi connectivity index (χ2v) is 18.4. The van der Waals surface area contributed by atoms with Crippen LogP contribution in [-0.4, -0.2) is 35.4 Å². The molecule has 0 spiro atoms. The number of phenols is 2. The van der Waals surface area contributed by atoms with Gasteiger partial charge in [0.15, 0.2) is 0 Å². The van der Waals surface area contributed by atoms with E-state index in [1.807, 2.05) is 50.2 Å². The predicted octanol–water partition coefficient (Wildman–Crippen LogP) is 15.8. The molecule has 0 saturated carbocycles. The number of esters is 2. The van der Waals surface area contributed by atoms with E-state index in [9.17, 15) is 19.8 Å². The van der Waals surface area contributed by atoms with E-state index < -0.39 is 5.41 Å². The highest BCUT2D eigenvalue weighted by Crippen LogP contribution is 2.35. The molecule has 0 radical (unpaired) electrons. The molecule has 0 aromatic heterocycles. The number of ether oxygens (including phenoxy) is 2. The Balaban J connectivity index is 1.71. The van der Waals surface area contributed by atoms with Crippen molar-refractivity contribution in [3.05, 3.63) is 59.7 Å². The third-order valence-corrected chi connectivity index (χ3v) is 12.2. The fraction of sp³-hybridized carbons (Fsp3) is 0.736. The normalized spacial score (nSPS) is 12.7. The first-order valence-corrected chi connectivity index (χ1v) is 24.5. The number of phenolic OH excluding ortho intramolecular Hbond substituents is 2. The highest BCUT2D eigenvalue weighted by Gasteiger charge is 2.25. The zero-order valence-corrected chi connectivity index (χ0v) is 38.4. The number of benzene rings is 2. The standard InChI is InChI=1S/C53H88O6/c1-5-7-9-11-13-15-17-19-21-23-25-27-33-45(47-35-29-31-37-49(47)54)39-41-51(56)58-43-53(3,4)44-59-52(57)42-40-46(48-36-30-32-38-50(48)55)34-28-26-24-22-20-18-16-14-12-10-8-6-2/h29-32,35-38,45-46,54-55H,5-28,33-34,39-44H2,1-4H3. The van der Waals surface area contributed by atoms with Gasteiger partial charge in [-0.15, -0.1) is 0 Å². The first kappa shape index (κ1) is 52.1. The number of carbonyl (C=O) groups excluding carboxylic acids is 2. The highest BCUT2D eigenvalue weighted by molar-refractivity contribution is 5.70. The van der Waals surface area contributed by atoms with Gasteiger partial charge in [-0.25, -0.2) is 0 Å². The molecule has 0 saturated heterocycles. The number of hydrogen-bond donors (Lipinski definition) is 2. The average molecular weight is 821 g/mol. The summed E-state index contributed by atoms with van der Waals surface area (Å²) in [5.41, 5.74) is 1.30. The van der Waals surface area contributed by atoms with Gasteiger partial charge in [-0.1, -0.05) is 218 Å². The number of hydrogen-bond acceptors (Lipinski definition) is 6. The number of carbonyl (C=O) groups is 2. The molecular formula is C53H88O6. The van der Waals surface area contributed by atoms with Gasteiger partial charge in [0.05, 0.1) is 13.2 Å². The van der Waals surface area contributed by atoms with Gasteiger partial charge in [0.2, 0.25) is 0 Å². The molecule has 2 unspecified atom stereocenters. The molecule has 0 aliphatic heterocycles. The molecule has 0 amide bonds.